The average Bonchev–Trinajstić information content (AvgIpc) is 2.77. The summed E-state index contributed by atoms with van der Waals surface area (Å²) >= 11 is 0. The van der Waals surface area contributed by atoms with Gasteiger partial charge in [-0.1, -0.05) is 43.7 Å². The maximum absolute atomic E-state index is 12.3. The highest BCUT2D eigenvalue weighted by Gasteiger charge is 2.49. The van der Waals surface area contributed by atoms with Crippen molar-refractivity contribution in [1.29, 1.82) is 0 Å². The Labute approximate surface area is 115 Å². The molecule has 0 radical (unpaired) electrons. The van der Waals surface area contributed by atoms with Gasteiger partial charge < -0.3 is 4.74 Å². The van der Waals surface area contributed by atoms with Crippen molar-refractivity contribution in [2.24, 2.45) is 23.7 Å². The van der Waals surface area contributed by atoms with Gasteiger partial charge in [0.2, 0.25) is 0 Å². The maximum Gasteiger partial charge on any atom is 0.310 e. The van der Waals surface area contributed by atoms with E-state index in [4.69, 9.17) is 4.74 Å². The lowest BCUT2D eigenvalue weighted by Crippen LogP contribution is -2.39. The number of hydrogen-bond donors (Lipinski definition) is 0. The van der Waals surface area contributed by atoms with Gasteiger partial charge in [-0.2, -0.15) is 0 Å². The van der Waals surface area contributed by atoms with E-state index in [9.17, 15) is 4.79 Å². The molecule has 1 saturated carbocycles. The van der Waals surface area contributed by atoms with E-state index in [1.807, 2.05) is 0 Å². The summed E-state index contributed by atoms with van der Waals surface area (Å²) in [6.45, 7) is 6.51. The van der Waals surface area contributed by atoms with Crippen molar-refractivity contribution in [3.05, 3.63) is 35.4 Å². The van der Waals surface area contributed by atoms with Crippen LogP contribution in [0.1, 0.15) is 43.9 Å². The molecular formula is C17H22O2. The predicted molar refractivity (Wildman–Crippen MR) is 74.6 cm³/mol. The molecule has 3 rings (SSSR count). The number of esters is 1. The summed E-state index contributed by atoms with van der Waals surface area (Å²) in [4.78, 5) is 12.3. The average molecular weight is 258 g/mol. The number of fused-ring (bicyclic) bond motifs is 1. The number of carbonyl (C=O) groups excluding carboxylic acids is 1. The van der Waals surface area contributed by atoms with Gasteiger partial charge in [0.05, 0.1) is 5.92 Å². The molecule has 2 heteroatoms. The summed E-state index contributed by atoms with van der Waals surface area (Å²) in [6.07, 6.45) is 2.28. The molecule has 2 nitrogen and oxygen atoms in total. The van der Waals surface area contributed by atoms with Crippen LogP contribution in [-0.2, 0) is 9.53 Å². The number of aryl methyl sites for hydroxylation is 1. The Hall–Kier alpha value is -1.31. The molecule has 0 spiro atoms. The molecular weight excluding hydrogens is 236 g/mol. The molecule has 1 aromatic rings. The van der Waals surface area contributed by atoms with Gasteiger partial charge in [0.15, 0.2) is 0 Å². The lowest BCUT2D eigenvalue weighted by molar-refractivity contribution is -0.172. The fourth-order valence-electron chi connectivity index (χ4n) is 3.99. The lowest BCUT2D eigenvalue weighted by atomic mass is 9.75. The van der Waals surface area contributed by atoms with Crippen LogP contribution in [0, 0.1) is 30.6 Å². The SMILES string of the molecule is Cc1cccc(C2OC(=O)[C@H]3[C@H](CC[C@@H]3C)[C@H]2C)c1. The van der Waals surface area contributed by atoms with Crippen molar-refractivity contribution in [3.63, 3.8) is 0 Å². The van der Waals surface area contributed by atoms with Gasteiger partial charge in [0, 0.05) is 5.92 Å². The van der Waals surface area contributed by atoms with Crippen LogP contribution in [0.4, 0.5) is 0 Å². The molecule has 19 heavy (non-hydrogen) atoms. The Balaban J connectivity index is 1.91. The number of carbonyl (C=O) groups is 1. The Morgan fingerprint density at radius 3 is 2.74 bits per heavy atom. The van der Waals surface area contributed by atoms with Gasteiger partial charge in [-0.15, -0.1) is 0 Å². The topological polar surface area (TPSA) is 26.3 Å². The summed E-state index contributed by atoms with van der Waals surface area (Å²) in [5.74, 6) is 1.57. The molecule has 5 atom stereocenters. The summed E-state index contributed by atoms with van der Waals surface area (Å²) < 4.78 is 5.79. The van der Waals surface area contributed by atoms with Crippen LogP contribution in [0.25, 0.3) is 0 Å². The van der Waals surface area contributed by atoms with E-state index >= 15 is 0 Å². The van der Waals surface area contributed by atoms with E-state index in [-0.39, 0.29) is 18.0 Å². The van der Waals surface area contributed by atoms with E-state index in [2.05, 4.69) is 45.0 Å². The molecule has 0 aromatic heterocycles. The third-order valence-corrected chi connectivity index (χ3v) is 5.07. The van der Waals surface area contributed by atoms with E-state index < -0.39 is 0 Å². The summed E-state index contributed by atoms with van der Waals surface area (Å²) in [5, 5.41) is 0. The molecule has 102 valence electrons. The first-order valence-electron chi connectivity index (χ1n) is 7.35. The Morgan fingerprint density at radius 1 is 1.21 bits per heavy atom. The van der Waals surface area contributed by atoms with Crippen molar-refractivity contribution in [2.45, 2.75) is 39.7 Å². The maximum atomic E-state index is 12.3. The van der Waals surface area contributed by atoms with Crippen LogP contribution < -0.4 is 0 Å². The molecule has 1 saturated heterocycles. The minimum absolute atomic E-state index is 0.0274. The van der Waals surface area contributed by atoms with Gasteiger partial charge in [-0.3, -0.25) is 4.79 Å². The summed E-state index contributed by atoms with van der Waals surface area (Å²) in [6, 6.07) is 8.36. The molecule has 2 fully saturated rings. The zero-order valence-electron chi connectivity index (χ0n) is 11.9. The van der Waals surface area contributed by atoms with Crippen LogP contribution in [0.3, 0.4) is 0 Å². The normalized spacial score (nSPS) is 37.8. The molecule has 1 unspecified atom stereocenters. The van der Waals surface area contributed by atoms with Crippen molar-refractivity contribution in [1.82, 2.24) is 0 Å². The molecule has 1 aliphatic heterocycles. The van der Waals surface area contributed by atoms with Gasteiger partial charge in [0.1, 0.15) is 6.10 Å². The third kappa shape index (κ3) is 2.07. The number of hydrogen-bond acceptors (Lipinski definition) is 2. The lowest BCUT2D eigenvalue weighted by Gasteiger charge is -2.38. The van der Waals surface area contributed by atoms with Crippen LogP contribution >= 0.6 is 0 Å². The van der Waals surface area contributed by atoms with Crippen LogP contribution in [0.2, 0.25) is 0 Å². The molecule has 1 heterocycles. The Bertz CT molecular complexity index is 494. The zero-order valence-corrected chi connectivity index (χ0v) is 11.9. The van der Waals surface area contributed by atoms with Gasteiger partial charge in [-0.25, -0.2) is 0 Å². The van der Waals surface area contributed by atoms with Crippen LogP contribution in [0.5, 0.6) is 0 Å². The first kappa shape index (κ1) is 12.7. The molecule has 1 aliphatic carbocycles. The first-order valence-corrected chi connectivity index (χ1v) is 7.35. The fourth-order valence-corrected chi connectivity index (χ4v) is 3.99. The van der Waals surface area contributed by atoms with Gasteiger partial charge in [0.25, 0.3) is 0 Å². The highest BCUT2D eigenvalue weighted by molar-refractivity contribution is 5.75. The van der Waals surface area contributed by atoms with Crippen LogP contribution in [0.15, 0.2) is 24.3 Å². The highest BCUT2D eigenvalue weighted by Crippen LogP contribution is 2.50. The number of ether oxygens (including phenoxy) is 1. The Morgan fingerprint density at radius 2 is 2.00 bits per heavy atom. The van der Waals surface area contributed by atoms with Gasteiger partial charge >= 0.3 is 5.97 Å². The largest absolute Gasteiger partial charge is 0.457 e. The van der Waals surface area contributed by atoms with Crippen molar-refractivity contribution < 1.29 is 9.53 Å². The van der Waals surface area contributed by atoms with E-state index in [1.54, 1.807) is 0 Å². The number of rotatable bonds is 1. The first-order chi connectivity index (χ1) is 9.08. The summed E-state index contributed by atoms with van der Waals surface area (Å²) in [5.41, 5.74) is 2.38. The molecule has 0 amide bonds. The Kier molecular flexibility index (Phi) is 3.12. The number of benzene rings is 1. The van der Waals surface area contributed by atoms with Crippen molar-refractivity contribution in [3.8, 4) is 0 Å². The molecule has 0 N–H and O–H groups in total. The second kappa shape index (κ2) is 4.66. The minimum Gasteiger partial charge on any atom is -0.457 e. The van der Waals surface area contributed by atoms with Crippen molar-refractivity contribution in [2.75, 3.05) is 0 Å². The van der Waals surface area contributed by atoms with Gasteiger partial charge in [-0.05, 0) is 37.2 Å². The standard InChI is InChI=1S/C17H22O2/c1-10-5-4-6-13(9-10)16-12(3)14-8-7-11(2)15(14)17(18)19-16/h4-6,9,11-12,14-16H,7-8H2,1-3H3/t11-,12+,14+,15+,16?/m0/s1. The summed E-state index contributed by atoms with van der Waals surface area (Å²) in [7, 11) is 0. The monoisotopic (exact) mass is 258 g/mol. The second-order valence-corrected chi connectivity index (χ2v) is 6.38. The zero-order chi connectivity index (χ0) is 13.6. The highest BCUT2D eigenvalue weighted by atomic mass is 16.5. The smallest absolute Gasteiger partial charge is 0.310 e. The molecule has 0 bridgehead atoms. The van der Waals surface area contributed by atoms with E-state index in [1.165, 1.54) is 12.0 Å². The van der Waals surface area contributed by atoms with E-state index in [0.29, 0.717) is 17.8 Å². The van der Waals surface area contributed by atoms with E-state index in [0.717, 1.165) is 12.0 Å². The number of cyclic esters (lactones) is 1. The molecule has 2 aliphatic rings. The fraction of sp³-hybridized carbons (Fsp3) is 0.588. The molecule has 1 aromatic carbocycles. The second-order valence-electron chi connectivity index (χ2n) is 6.38. The van der Waals surface area contributed by atoms with Crippen LogP contribution in [-0.4, -0.2) is 5.97 Å². The third-order valence-electron chi connectivity index (χ3n) is 5.07. The predicted octanol–water partition coefficient (Wildman–Crippen LogP) is 3.89. The minimum atomic E-state index is -0.0565. The van der Waals surface area contributed by atoms with Crippen molar-refractivity contribution >= 4 is 5.97 Å². The quantitative estimate of drug-likeness (QED) is 0.714.